The van der Waals surface area contributed by atoms with Crippen molar-refractivity contribution in [3.05, 3.63) is 23.6 Å². The number of halogens is 1. The van der Waals surface area contributed by atoms with Crippen LogP contribution in [0.4, 0.5) is 10.2 Å². The van der Waals surface area contributed by atoms with Gasteiger partial charge in [-0.2, -0.15) is 0 Å². The molecule has 0 aliphatic carbocycles. The third-order valence-corrected chi connectivity index (χ3v) is 4.23. The van der Waals surface area contributed by atoms with E-state index in [1.54, 1.807) is 4.90 Å². The van der Waals surface area contributed by atoms with Crippen molar-refractivity contribution in [3.63, 3.8) is 0 Å². The molecule has 1 aromatic rings. The number of hydrogen-bond donors (Lipinski definition) is 1. The van der Waals surface area contributed by atoms with Gasteiger partial charge in [-0.05, 0) is 37.7 Å². The molecular weight excluding hydrogens is 269 g/mol. The van der Waals surface area contributed by atoms with Crippen LogP contribution in [0.1, 0.15) is 44.0 Å². The van der Waals surface area contributed by atoms with Crippen LogP contribution in [-0.4, -0.2) is 35.4 Å². The normalized spacial score (nSPS) is 16.3. The molecule has 2 rings (SSSR count). The minimum absolute atomic E-state index is 0.115. The van der Waals surface area contributed by atoms with E-state index in [2.05, 4.69) is 24.1 Å². The van der Waals surface area contributed by atoms with Gasteiger partial charge in [0.25, 0.3) is 5.91 Å². The van der Waals surface area contributed by atoms with Crippen molar-refractivity contribution in [2.24, 2.45) is 11.8 Å². The van der Waals surface area contributed by atoms with Crippen LogP contribution in [0, 0.1) is 17.7 Å². The smallest absolute Gasteiger partial charge is 0.257 e. The highest BCUT2D eigenvalue weighted by Crippen LogP contribution is 2.26. The number of nitrogens with zero attached hydrogens (tertiary/aromatic N) is 2. The molecule has 1 amide bonds. The summed E-state index contributed by atoms with van der Waals surface area (Å²) in [5, 5.41) is 2.84. The fourth-order valence-corrected chi connectivity index (χ4v) is 2.84. The maximum Gasteiger partial charge on any atom is 0.257 e. The first-order valence-electron chi connectivity index (χ1n) is 7.72. The summed E-state index contributed by atoms with van der Waals surface area (Å²) in [6.07, 6.45) is 3.47. The number of rotatable bonds is 4. The van der Waals surface area contributed by atoms with Gasteiger partial charge in [-0.1, -0.05) is 13.8 Å². The fourth-order valence-electron chi connectivity index (χ4n) is 2.84. The zero-order valence-corrected chi connectivity index (χ0v) is 13.0. The standard InChI is InChI=1S/C16H24FN3O/c1-4-18-15-14(17)13(5-8-19-15)16(21)20-9-6-12(7-10-20)11(2)3/h5,8,11-12H,4,6-7,9-10H2,1-3H3,(H,18,19). The minimum atomic E-state index is -0.546. The number of amides is 1. The molecule has 21 heavy (non-hydrogen) atoms. The second-order valence-corrected chi connectivity index (χ2v) is 5.93. The quantitative estimate of drug-likeness (QED) is 0.927. The summed E-state index contributed by atoms with van der Waals surface area (Å²) in [6, 6.07) is 1.47. The van der Waals surface area contributed by atoms with Gasteiger partial charge in [-0.25, -0.2) is 9.37 Å². The van der Waals surface area contributed by atoms with Gasteiger partial charge in [0.1, 0.15) is 0 Å². The monoisotopic (exact) mass is 293 g/mol. The molecule has 1 aliphatic rings. The van der Waals surface area contributed by atoms with Gasteiger partial charge in [0.2, 0.25) is 0 Å². The Bertz CT molecular complexity index is 496. The number of pyridine rings is 1. The number of aromatic nitrogens is 1. The van der Waals surface area contributed by atoms with E-state index >= 15 is 0 Å². The number of hydrogen-bond acceptors (Lipinski definition) is 3. The number of carbonyl (C=O) groups excluding carboxylic acids is 1. The maximum atomic E-state index is 14.3. The summed E-state index contributed by atoms with van der Waals surface area (Å²) < 4.78 is 14.3. The van der Waals surface area contributed by atoms with E-state index in [4.69, 9.17) is 0 Å². The Hall–Kier alpha value is -1.65. The number of likely N-dealkylation sites (tertiary alicyclic amines) is 1. The number of piperidine rings is 1. The van der Waals surface area contributed by atoms with Crippen LogP contribution in [0.15, 0.2) is 12.3 Å². The summed E-state index contributed by atoms with van der Waals surface area (Å²) in [4.78, 5) is 18.2. The minimum Gasteiger partial charge on any atom is -0.368 e. The van der Waals surface area contributed by atoms with Gasteiger partial charge in [0, 0.05) is 25.8 Å². The fraction of sp³-hybridized carbons (Fsp3) is 0.625. The number of anilines is 1. The molecule has 1 saturated heterocycles. The van der Waals surface area contributed by atoms with Crippen LogP contribution in [0.5, 0.6) is 0 Å². The molecule has 0 aromatic carbocycles. The Morgan fingerprint density at radius 1 is 1.48 bits per heavy atom. The molecule has 0 spiro atoms. The molecule has 0 radical (unpaired) electrons. The lowest BCUT2D eigenvalue weighted by Crippen LogP contribution is -2.40. The zero-order chi connectivity index (χ0) is 15.4. The first kappa shape index (κ1) is 15.7. The lowest BCUT2D eigenvalue weighted by Gasteiger charge is -2.34. The second-order valence-electron chi connectivity index (χ2n) is 5.93. The van der Waals surface area contributed by atoms with Crippen molar-refractivity contribution in [2.45, 2.75) is 33.6 Å². The number of carbonyl (C=O) groups is 1. The van der Waals surface area contributed by atoms with E-state index in [0.29, 0.717) is 31.5 Å². The predicted molar refractivity (Wildman–Crippen MR) is 81.8 cm³/mol. The largest absolute Gasteiger partial charge is 0.368 e. The molecule has 1 N–H and O–H groups in total. The topological polar surface area (TPSA) is 45.2 Å². The highest BCUT2D eigenvalue weighted by atomic mass is 19.1. The van der Waals surface area contributed by atoms with Crippen molar-refractivity contribution in [3.8, 4) is 0 Å². The van der Waals surface area contributed by atoms with Crippen LogP contribution in [0.3, 0.4) is 0 Å². The van der Waals surface area contributed by atoms with Gasteiger partial charge in [0.15, 0.2) is 11.6 Å². The Kier molecular flexibility index (Phi) is 5.15. The summed E-state index contributed by atoms with van der Waals surface area (Å²) in [6.45, 7) is 8.29. The van der Waals surface area contributed by atoms with E-state index in [0.717, 1.165) is 12.8 Å². The summed E-state index contributed by atoms with van der Waals surface area (Å²) in [5.41, 5.74) is 0.115. The lowest BCUT2D eigenvalue weighted by molar-refractivity contribution is 0.0663. The third kappa shape index (κ3) is 3.52. The van der Waals surface area contributed by atoms with Crippen LogP contribution in [-0.2, 0) is 0 Å². The Balaban J connectivity index is 2.09. The molecule has 1 aromatic heterocycles. The van der Waals surface area contributed by atoms with Gasteiger partial charge in [0.05, 0.1) is 5.56 Å². The van der Waals surface area contributed by atoms with Crippen LogP contribution < -0.4 is 5.32 Å². The van der Waals surface area contributed by atoms with Gasteiger partial charge < -0.3 is 10.2 Å². The van der Waals surface area contributed by atoms with Crippen molar-refractivity contribution in [1.82, 2.24) is 9.88 Å². The van der Waals surface area contributed by atoms with Crippen molar-refractivity contribution < 1.29 is 9.18 Å². The van der Waals surface area contributed by atoms with E-state index in [-0.39, 0.29) is 17.3 Å². The third-order valence-electron chi connectivity index (χ3n) is 4.23. The summed E-state index contributed by atoms with van der Waals surface area (Å²) >= 11 is 0. The molecular formula is C16H24FN3O. The first-order valence-corrected chi connectivity index (χ1v) is 7.72. The molecule has 0 atom stereocenters. The SMILES string of the molecule is CCNc1nccc(C(=O)N2CCC(C(C)C)CC2)c1F. The summed E-state index contributed by atoms with van der Waals surface area (Å²) in [7, 11) is 0. The van der Waals surface area contributed by atoms with Crippen molar-refractivity contribution in [1.29, 1.82) is 0 Å². The van der Waals surface area contributed by atoms with E-state index < -0.39 is 5.82 Å². The van der Waals surface area contributed by atoms with Crippen LogP contribution in [0.2, 0.25) is 0 Å². The summed E-state index contributed by atoms with van der Waals surface area (Å²) in [5.74, 6) is 0.681. The highest BCUT2D eigenvalue weighted by Gasteiger charge is 2.27. The molecule has 4 nitrogen and oxygen atoms in total. The zero-order valence-electron chi connectivity index (χ0n) is 13.0. The molecule has 2 heterocycles. The maximum absolute atomic E-state index is 14.3. The predicted octanol–water partition coefficient (Wildman–Crippen LogP) is 3.16. The Labute approximate surface area is 125 Å². The lowest BCUT2D eigenvalue weighted by atomic mass is 9.86. The Morgan fingerprint density at radius 3 is 2.71 bits per heavy atom. The molecule has 0 saturated carbocycles. The van der Waals surface area contributed by atoms with Gasteiger partial charge >= 0.3 is 0 Å². The van der Waals surface area contributed by atoms with E-state index in [9.17, 15) is 9.18 Å². The molecule has 1 aliphatic heterocycles. The second kappa shape index (κ2) is 6.87. The first-order chi connectivity index (χ1) is 10.0. The van der Waals surface area contributed by atoms with Crippen molar-refractivity contribution >= 4 is 11.7 Å². The molecule has 1 fully saturated rings. The molecule has 0 unspecified atom stereocenters. The van der Waals surface area contributed by atoms with Crippen LogP contribution in [0.25, 0.3) is 0 Å². The number of nitrogens with one attached hydrogen (secondary N) is 1. The highest BCUT2D eigenvalue weighted by molar-refractivity contribution is 5.95. The van der Waals surface area contributed by atoms with Gasteiger partial charge in [-0.3, -0.25) is 4.79 Å². The van der Waals surface area contributed by atoms with Gasteiger partial charge in [-0.15, -0.1) is 0 Å². The van der Waals surface area contributed by atoms with Crippen molar-refractivity contribution in [2.75, 3.05) is 25.0 Å². The molecule has 0 bridgehead atoms. The molecule has 5 heteroatoms. The Morgan fingerprint density at radius 2 is 2.14 bits per heavy atom. The van der Waals surface area contributed by atoms with E-state index in [1.165, 1.54) is 12.3 Å². The average molecular weight is 293 g/mol. The molecule has 116 valence electrons. The average Bonchev–Trinajstić information content (AvgIpc) is 2.49. The van der Waals surface area contributed by atoms with Crippen LogP contribution >= 0.6 is 0 Å². The van der Waals surface area contributed by atoms with E-state index in [1.807, 2.05) is 6.92 Å².